The van der Waals surface area contributed by atoms with E-state index < -0.39 is 0 Å². The highest BCUT2D eigenvalue weighted by Gasteiger charge is 2.34. The smallest absolute Gasteiger partial charge is 0.186 e. The molecule has 0 saturated heterocycles. The molecule has 0 bridgehead atoms. The molecule has 2 fully saturated rings. The van der Waals surface area contributed by atoms with Gasteiger partial charge in [0.2, 0.25) is 0 Å². The maximum Gasteiger partial charge on any atom is 0.186 e. The molecule has 1 heterocycles. The van der Waals surface area contributed by atoms with E-state index in [-0.39, 0.29) is 0 Å². The van der Waals surface area contributed by atoms with E-state index in [1.165, 1.54) is 25.7 Å². The molecule has 4 heteroatoms. The summed E-state index contributed by atoms with van der Waals surface area (Å²) >= 11 is 1.58. The van der Waals surface area contributed by atoms with Gasteiger partial charge in [0.05, 0.1) is 10.6 Å². The number of rotatable bonds is 5. The highest BCUT2D eigenvalue weighted by molar-refractivity contribution is 7.17. The number of anilines is 1. The lowest BCUT2D eigenvalue weighted by atomic mass is 10.3. The van der Waals surface area contributed by atoms with Gasteiger partial charge in [0.1, 0.15) is 0 Å². The van der Waals surface area contributed by atoms with Gasteiger partial charge in [-0.2, -0.15) is 0 Å². The third-order valence-electron chi connectivity index (χ3n) is 3.31. The van der Waals surface area contributed by atoms with Gasteiger partial charge in [-0.3, -0.25) is 4.79 Å². The van der Waals surface area contributed by atoms with Crippen LogP contribution in [0.25, 0.3) is 0 Å². The Morgan fingerprint density at radius 3 is 2.69 bits per heavy atom. The topological polar surface area (TPSA) is 33.2 Å². The van der Waals surface area contributed by atoms with E-state index in [0.29, 0.717) is 12.0 Å². The SMILES string of the molecule is CCN(c1nc(C2CC2)c(C=O)s1)C1CC1. The second kappa shape index (κ2) is 3.84. The van der Waals surface area contributed by atoms with Crippen LogP contribution < -0.4 is 4.90 Å². The summed E-state index contributed by atoms with van der Waals surface area (Å²) in [5, 5.41) is 1.06. The average molecular weight is 236 g/mol. The predicted molar refractivity (Wildman–Crippen MR) is 65.5 cm³/mol. The number of hydrogen-bond donors (Lipinski definition) is 0. The van der Waals surface area contributed by atoms with Gasteiger partial charge in [0.15, 0.2) is 11.4 Å². The van der Waals surface area contributed by atoms with Gasteiger partial charge in [-0.1, -0.05) is 11.3 Å². The third-order valence-corrected chi connectivity index (χ3v) is 4.35. The monoisotopic (exact) mass is 236 g/mol. The van der Waals surface area contributed by atoms with E-state index in [2.05, 4.69) is 16.8 Å². The van der Waals surface area contributed by atoms with Gasteiger partial charge in [0, 0.05) is 18.5 Å². The number of thiazole rings is 1. The molecule has 16 heavy (non-hydrogen) atoms. The van der Waals surface area contributed by atoms with Crippen LogP contribution in [-0.4, -0.2) is 23.9 Å². The first kappa shape index (κ1) is 10.3. The number of carbonyl (C=O) groups is 1. The Kier molecular flexibility index (Phi) is 2.46. The molecular weight excluding hydrogens is 220 g/mol. The highest BCUT2D eigenvalue weighted by Crippen LogP contribution is 2.44. The zero-order valence-electron chi connectivity index (χ0n) is 9.48. The number of nitrogens with zero attached hydrogens (tertiary/aromatic N) is 2. The van der Waals surface area contributed by atoms with Gasteiger partial charge in [-0.15, -0.1) is 0 Å². The molecule has 2 saturated carbocycles. The highest BCUT2D eigenvalue weighted by atomic mass is 32.1. The predicted octanol–water partition coefficient (Wildman–Crippen LogP) is 2.82. The van der Waals surface area contributed by atoms with E-state index >= 15 is 0 Å². The summed E-state index contributed by atoms with van der Waals surface area (Å²) in [7, 11) is 0. The van der Waals surface area contributed by atoms with E-state index in [1.807, 2.05) is 0 Å². The van der Waals surface area contributed by atoms with Crippen LogP contribution in [0, 0.1) is 0 Å². The first-order valence-electron chi connectivity index (χ1n) is 6.06. The van der Waals surface area contributed by atoms with Crippen molar-refractivity contribution >= 4 is 22.8 Å². The van der Waals surface area contributed by atoms with Gasteiger partial charge in [-0.05, 0) is 32.6 Å². The zero-order chi connectivity index (χ0) is 11.1. The lowest BCUT2D eigenvalue weighted by Crippen LogP contribution is -2.24. The Hall–Kier alpha value is -0.900. The summed E-state index contributed by atoms with van der Waals surface area (Å²) in [5.41, 5.74) is 1.06. The third kappa shape index (κ3) is 1.75. The molecule has 3 rings (SSSR count). The van der Waals surface area contributed by atoms with E-state index in [1.54, 1.807) is 11.3 Å². The van der Waals surface area contributed by atoms with E-state index in [0.717, 1.165) is 28.5 Å². The van der Waals surface area contributed by atoms with Gasteiger partial charge < -0.3 is 4.90 Å². The molecule has 0 radical (unpaired) electrons. The minimum absolute atomic E-state index is 0.572. The Bertz CT molecular complexity index is 407. The lowest BCUT2D eigenvalue weighted by Gasteiger charge is -2.18. The Morgan fingerprint density at radius 2 is 2.19 bits per heavy atom. The van der Waals surface area contributed by atoms with Crippen LogP contribution in [0.1, 0.15) is 53.9 Å². The van der Waals surface area contributed by atoms with E-state index in [4.69, 9.17) is 0 Å². The normalized spacial score (nSPS) is 19.8. The van der Waals surface area contributed by atoms with Crippen LogP contribution in [0.4, 0.5) is 5.13 Å². The standard InChI is InChI=1S/C12H16N2OS/c1-2-14(9-5-6-9)12-13-11(8-3-4-8)10(7-15)16-12/h7-9H,2-6H2,1H3. The van der Waals surface area contributed by atoms with Crippen LogP contribution in [0.5, 0.6) is 0 Å². The number of carbonyl (C=O) groups excluding carboxylic acids is 1. The molecule has 1 aromatic rings. The van der Waals surface area contributed by atoms with Crippen molar-refractivity contribution in [3.05, 3.63) is 10.6 Å². The van der Waals surface area contributed by atoms with Gasteiger partial charge in [0.25, 0.3) is 0 Å². The molecule has 0 atom stereocenters. The van der Waals surface area contributed by atoms with Crippen LogP contribution in [0.2, 0.25) is 0 Å². The Labute approximate surface area is 99.5 Å². The van der Waals surface area contributed by atoms with Crippen molar-refractivity contribution in [2.24, 2.45) is 0 Å². The molecular formula is C12H16N2OS. The maximum atomic E-state index is 11.0. The van der Waals surface area contributed by atoms with Gasteiger partial charge in [-0.25, -0.2) is 4.98 Å². The number of aldehydes is 1. The fraction of sp³-hybridized carbons (Fsp3) is 0.667. The van der Waals surface area contributed by atoms with Crippen LogP contribution in [-0.2, 0) is 0 Å². The Morgan fingerprint density at radius 1 is 1.44 bits per heavy atom. The minimum atomic E-state index is 0.572. The first-order valence-corrected chi connectivity index (χ1v) is 6.87. The molecule has 0 aliphatic heterocycles. The summed E-state index contributed by atoms with van der Waals surface area (Å²) in [6.07, 6.45) is 5.96. The molecule has 2 aliphatic carbocycles. The second-order valence-electron chi connectivity index (χ2n) is 4.66. The second-order valence-corrected chi connectivity index (χ2v) is 5.66. The summed E-state index contributed by atoms with van der Waals surface area (Å²) in [4.78, 5) is 18.9. The van der Waals surface area contributed by atoms with Crippen LogP contribution in [0.3, 0.4) is 0 Å². The molecule has 1 aromatic heterocycles. The Balaban J connectivity index is 1.90. The molecule has 3 nitrogen and oxygen atoms in total. The van der Waals surface area contributed by atoms with Crippen molar-refractivity contribution in [2.75, 3.05) is 11.4 Å². The largest absolute Gasteiger partial charge is 0.345 e. The van der Waals surface area contributed by atoms with Crippen molar-refractivity contribution in [3.63, 3.8) is 0 Å². The van der Waals surface area contributed by atoms with Crippen molar-refractivity contribution in [3.8, 4) is 0 Å². The first-order chi connectivity index (χ1) is 7.83. The molecule has 0 N–H and O–H groups in total. The summed E-state index contributed by atoms with van der Waals surface area (Å²) in [5.74, 6) is 0.572. The number of hydrogen-bond acceptors (Lipinski definition) is 4. The maximum absolute atomic E-state index is 11.0. The molecule has 0 aromatic carbocycles. The zero-order valence-corrected chi connectivity index (χ0v) is 10.3. The van der Waals surface area contributed by atoms with Crippen LogP contribution >= 0.6 is 11.3 Å². The lowest BCUT2D eigenvalue weighted by molar-refractivity contribution is 0.112. The molecule has 0 amide bonds. The fourth-order valence-corrected chi connectivity index (χ4v) is 3.23. The summed E-state index contributed by atoms with van der Waals surface area (Å²) in [6.45, 7) is 3.16. The molecule has 0 spiro atoms. The van der Waals surface area contributed by atoms with Crippen molar-refractivity contribution in [1.82, 2.24) is 4.98 Å². The molecule has 86 valence electrons. The fourth-order valence-electron chi connectivity index (χ4n) is 2.12. The average Bonchev–Trinajstić information content (AvgIpc) is 3.18. The minimum Gasteiger partial charge on any atom is -0.345 e. The van der Waals surface area contributed by atoms with Crippen molar-refractivity contribution in [1.29, 1.82) is 0 Å². The van der Waals surface area contributed by atoms with Crippen molar-refractivity contribution in [2.45, 2.75) is 44.6 Å². The summed E-state index contributed by atoms with van der Waals surface area (Å²) < 4.78 is 0. The van der Waals surface area contributed by atoms with Crippen molar-refractivity contribution < 1.29 is 4.79 Å². The van der Waals surface area contributed by atoms with Gasteiger partial charge >= 0.3 is 0 Å². The molecule has 2 aliphatic rings. The molecule has 0 unspecified atom stereocenters. The van der Waals surface area contributed by atoms with Crippen LogP contribution in [0.15, 0.2) is 0 Å². The van der Waals surface area contributed by atoms with E-state index in [9.17, 15) is 4.79 Å². The number of aromatic nitrogens is 1. The summed E-state index contributed by atoms with van der Waals surface area (Å²) in [6, 6.07) is 0.683. The quantitative estimate of drug-likeness (QED) is 0.737.